The third-order valence-electron chi connectivity index (χ3n) is 3.68. The number of nitrogens with zero attached hydrogens (tertiary/aromatic N) is 1. The second kappa shape index (κ2) is 8.06. The van der Waals surface area contributed by atoms with Crippen molar-refractivity contribution in [1.82, 2.24) is 4.90 Å². The predicted molar refractivity (Wildman–Crippen MR) is 71.2 cm³/mol. The molecule has 102 valence electrons. The highest BCUT2D eigenvalue weighted by Crippen LogP contribution is 2.39. The summed E-state index contributed by atoms with van der Waals surface area (Å²) in [5.74, 6) is 0. The Morgan fingerprint density at radius 2 is 1.76 bits per heavy atom. The van der Waals surface area contributed by atoms with E-state index in [1.54, 1.807) is 0 Å². The zero-order valence-electron chi connectivity index (χ0n) is 11.6. The molecule has 0 saturated carbocycles. The third-order valence-corrected chi connectivity index (χ3v) is 3.68. The molecule has 1 aliphatic rings. The van der Waals surface area contributed by atoms with Crippen LogP contribution < -0.4 is 0 Å². The van der Waals surface area contributed by atoms with Gasteiger partial charge in [0.2, 0.25) is 0 Å². The summed E-state index contributed by atoms with van der Waals surface area (Å²) in [5, 5.41) is 8.58. The van der Waals surface area contributed by atoms with Crippen molar-refractivity contribution in [3.8, 4) is 0 Å². The topological polar surface area (TPSA) is 32.7 Å². The fraction of sp³-hybridized carbons (Fsp3) is 1.00. The lowest BCUT2D eigenvalue weighted by atomic mass is 9.72. The molecule has 3 nitrogen and oxygen atoms in total. The van der Waals surface area contributed by atoms with Gasteiger partial charge in [0.05, 0.1) is 13.2 Å². The van der Waals surface area contributed by atoms with E-state index >= 15 is 0 Å². The van der Waals surface area contributed by atoms with Gasteiger partial charge in [-0.1, -0.05) is 26.7 Å². The van der Waals surface area contributed by atoms with Crippen molar-refractivity contribution in [2.24, 2.45) is 5.41 Å². The number of ether oxygens (including phenoxy) is 1. The van der Waals surface area contributed by atoms with Gasteiger partial charge in [-0.15, -0.1) is 0 Å². The van der Waals surface area contributed by atoms with Gasteiger partial charge in [0.25, 0.3) is 0 Å². The summed E-state index contributed by atoms with van der Waals surface area (Å²) in [7, 11) is 0. The Labute approximate surface area is 106 Å². The maximum Gasteiger partial charge on any atom is 0.0697 e. The van der Waals surface area contributed by atoms with Crippen molar-refractivity contribution in [3.05, 3.63) is 0 Å². The highest BCUT2D eigenvalue weighted by Gasteiger charge is 2.40. The monoisotopic (exact) mass is 243 g/mol. The Hall–Kier alpha value is -0.120. The highest BCUT2D eigenvalue weighted by molar-refractivity contribution is 4.93. The zero-order chi connectivity index (χ0) is 12.6. The first-order valence-electron chi connectivity index (χ1n) is 7.17. The van der Waals surface area contributed by atoms with Crippen molar-refractivity contribution in [3.63, 3.8) is 0 Å². The van der Waals surface area contributed by atoms with Crippen LogP contribution in [0.1, 0.15) is 46.0 Å². The molecule has 0 amide bonds. The highest BCUT2D eigenvalue weighted by atomic mass is 16.5. The number of likely N-dealkylation sites (tertiary alicyclic amines) is 1. The molecule has 0 spiro atoms. The smallest absolute Gasteiger partial charge is 0.0697 e. The molecule has 17 heavy (non-hydrogen) atoms. The quantitative estimate of drug-likeness (QED) is 0.598. The van der Waals surface area contributed by atoms with Crippen LogP contribution >= 0.6 is 0 Å². The molecule has 3 heteroatoms. The Morgan fingerprint density at radius 3 is 2.29 bits per heavy atom. The summed E-state index contributed by atoms with van der Waals surface area (Å²) in [6.45, 7) is 9.72. The standard InChI is InChI=1S/C14H29NO2/c1-3-6-14(7-4-2)12-15(13-14)8-5-10-17-11-9-16/h16H,3-13H2,1-2H3. The SMILES string of the molecule is CCCC1(CCC)CN(CCCOCCO)C1. The van der Waals surface area contributed by atoms with E-state index in [-0.39, 0.29) is 6.61 Å². The van der Waals surface area contributed by atoms with Crippen molar-refractivity contribution >= 4 is 0 Å². The number of aliphatic hydroxyl groups is 1. The van der Waals surface area contributed by atoms with Crippen LogP contribution in [0.25, 0.3) is 0 Å². The minimum Gasteiger partial charge on any atom is -0.394 e. The van der Waals surface area contributed by atoms with E-state index in [4.69, 9.17) is 9.84 Å². The molecule has 0 aliphatic carbocycles. The Bertz CT molecular complexity index is 183. The van der Waals surface area contributed by atoms with Crippen LogP contribution in [-0.4, -0.2) is 49.5 Å². The Balaban J connectivity index is 2.07. The number of rotatable bonds is 10. The zero-order valence-corrected chi connectivity index (χ0v) is 11.6. The van der Waals surface area contributed by atoms with Gasteiger partial charge in [0.1, 0.15) is 0 Å². The van der Waals surface area contributed by atoms with Gasteiger partial charge in [0.15, 0.2) is 0 Å². The van der Waals surface area contributed by atoms with E-state index in [9.17, 15) is 0 Å². The number of hydrogen-bond acceptors (Lipinski definition) is 3. The first-order chi connectivity index (χ1) is 8.26. The maximum absolute atomic E-state index is 8.58. The molecule has 0 aromatic rings. The van der Waals surface area contributed by atoms with E-state index in [1.807, 2.05) is 0 Å². The molecule has 1 heterocycles. The fourth-order valence-corrected chi connectivity index (χ4v) is 3.12. The summed E-state index contributed by atoms with van der Waals surface area (Å²) in [6, 6.07) is 0. The van der Waals surface area contributed by atoms with E-state index in [2.05, 4.69) is 18.7 Å². The van der Waals surface area contributed by atoms with Crippen LogP contribution in [0.5, 0.6) is 0 Å². The van der Waals surface area contributed by atoms with Crippen molar-refractivity contribution in [2.45, 2.75) is 46.0 Å². The minimum atomic E-state index is 0.139. The fourth-order valence-electron chi connectivity index (χ4n) is 3.12. The van der Waals surface area contributed by atoms with Crippen LogP contribution in [0.2, 0.25) is 0 Å². The van der Waals surface area contributed by atoms with E-state index < -0.39 is 0 Å². The lowest BCUT2D eigenvalue weighted by molar-refractivity contribution is -0.0204. The third kappa shape index (κ3) is 4.94. The summed E-state index contributed by atoms with van der Waals surface area (Å²) in [4.78, 5) is 2.55. The normalized spacial score (nSPS) is 19.2. The van der Waals surface area contributed by atoms with Gasteiger partial charge in [-0.2, -0.15) is 0 Å². The molecule has 1 rings (SSSR count). The molecule has 0 bridgehead atoms. The van der Waals surface area contributed by atoms with Crippen molar-refractivity contribution in [1.29, 1.82) is 0 Å². The van der Waals surface area contributed by atoms with Crippen LogP contribution in [0.15, 0.2) is 0 Å². The van der Waals surface area contributed by atoms with E-state index in [1.165, 1.54) is 38.8 Å². The summed E-state index contributed by atoms with van der Waals surface area (Å²) in [5.41, 5.74) is 0.634. The van der Waals surface area contributed by atoms with Crippen molar-refractivity contribution in [2.75, 3.05) is 39.5 Å². The molecule has 1 N–H and O–H groups in total. The molecule has 1 aliphatic heterocycles. The molecule has 0 aromatic carbocycles. The van der Waals surface area contributed by atoms with Gasteiger partial charge in [0, 0.05) is 26.2 Å². The van der Waals surface area contributed by atoms with Crippen LogP contribution in [0.4, 0.5) is 0 Å². The van der Waals surface area contributed by atoms with E-state index in [0.717, 1.165) is 19.6 Å². The second-order valence-electron chi connectivity index (χ2n) is 5.40. The molecule has 1 fully saturated rings. The molecular formula is C14H29NO2. The maximum atomic E-state index is 8.58. The summed E-state index contributed by atoms with van der Waals surface area (Å²) in [6.07, 6.45) is 6.49. The number of hydrogen-bond donors (Lipinski definition) is 1. The molecule has 0 aromatic heterocycles. The van der Waals surface area contributed by atoms with Gasteiger partial charge in [-0.3, -0.25) is 0 Å². The van der Waals surface area contributed by atoms with Crippen LogP contribution in [0.3, 0.4) is 0 Å². The lowest BCUT2D eigenvalue weighted by Gasteiger charge is -2.51. The average molecular weight is 243 g/mol. The number of aliphatic hydroxyl groups excluding tert-OH is 1. The molecule has 0 unspecified atom stereocenters. The molecule has 0 radical (unpaired) electrons. The minimum absolute atomic E-state index is 0.139. The van der Waals surface area contributed by atoms with Crippen LogP contribution in [-0.2, 0) is 4.74 Å². The molecule has 1 saturated heterocycles. The predicted octanol–water partition coefficient (Wildman–Crippen LogP) is 2.29. The average Bonchev–Trinajstić information content (AvgIpc) is 2.26. The first-order valence-corrected chi connectivity index (χ1v) is 7.17. The summed E-state index contributed by atoms with van der Waals surface area (Å²) >= 11 is 0. The first kappa shape index (κ1) is 14.9. The molecule has 0 atom stereocenters. The largest absolute Gasteiger partial charge is 0.394 e. The second-order valence-corrected chi connectivity index (χ2v) is 5.40. The summed E-state index contributed by atoms with van der Waals surface area (Å²) < 4.78 is 5.27. The van der Waals surface area contributed by atoms with Gasteiger partial charge in [-0.25, -0.2) is 0 Å². The lowest BCUT2D eigenvalue weighted by Crippen LogP contribution is -2.56. The van der Waals surface area contributed by atoms with Gasteiger partial charge >= 0.3 is 0 Å². The van der Waals surface area contributed by atoms with E-state index in [0.29, 0.717) is 12.0 Å². The molecular weight excluding hydrogens is 214 g/mol. The van der Waals surface area contributed by atoms with Gasteiger partial charge < -0.3 is 14.7 Å². The Morgan fingerprint density at radius 1 is 1.12 bits per heavy atom. The van der Waals surface area contributed by atoms with Crippen LogP contribution in [0, 0.1) is 5.41 Å². The van der Waals surface area contributed by atoms with Gasteiger partial charge in [-0.05, 0) is 24.7 Å². The Kier molecular flexibility index (Phi) is 7.09. The van der Waals surface area contributed by atoms with Crippen molar-refractivity contribution < 1.29 is 9.84 Å².